The molecule has 9 nitrogen and oxygen atoms in total. The van der Waals surface area contributed by atoms with E-state index in [4.69, 9.17) is 23.7 Å². The summed E-state index contributed by atoms with van der Waals surface area (Å²) in [6.07, 6.45) is 11.7. The first-order valence-corrected chi connectivity index (χ1v) is 20.9. The van der Waals surface area contributed by atoms with E-state index in [1.54, 1.807) is 6.92 Å². The highest BCUT2D eigenvalue weighted by molar-refractivity contribution is 5.93. The van der Waals surface area contributed by atoms with Crippen LogP contribution in [0.4, 0.5) is 0 Å². The van der Waals surface area contributed by atoms with Crippen molar-refractivity contribution in [3.8, 4) is 23.0 Å². The number of carbonyl (C=O) groups is 3. The molecule has 6 atom stereocenters. The van der Waals surface area contributed by atoms with Crippen molar-refractivity contribution in [2.45, 2.75) is 113 Å². The molecular weight excluding hydrogens is 754 g/mol. The van der Waals surface area contributed by atoms with Crippen LogP contribution in [0.2, 0.25) is 0 Å². The molecule has 58 heavy (non-hydrogen) atoms. The summed E-state index contributed by atoms with van der Waals surface area (Å²) in [5.41, 5.74) is 3.25. The van der Waals surface area contributed by atoms with Crippen molar-refractivity contribution >= 4 is 40.7 Å². The quantitative estimate of drug-likeness (QED) is 0.165. The van der Waals surface area contributed by atoms with Crippen molar-refractivity contribution in [3.05, 3.63) is 77.2 Å². The molecule has 2 aromatic carbocycles. The molecule has 10 heteroatoms. The van der Waals surface area contributed by atoms with Crippen LogP contribution in [0.15, 0.2) is 65.9 Å². The second kappa shape index (κ2) is 18.3. The predicted octanol–water partition coefficient (Wildman–Crippen LogP) is 10.4. The number of allylic oxidation sites excluding steroid dienone is 4. The molecule has 6 unspecified atom stereocenters. The Hall–Kier alpha value is -4.37. The van der Waals surface area contributed by atoms with Crippen molar-refractivity contribution in [3.63, 3.8) is 0 Å². The zero-order chi connectivity index (χ0) is 41.1. The van der Waals surface area contributed by atoms with Gasteiger partial charge in [-0.1, -0.05) is 31.6 Å². The van der Waals surface area contributed by atoms with Gasteiger partial charge in [-0.15, -0.1) is 12.4 Å². The van der Waals surface area contributed by atoms with Gasteiger partial charge in [0.1, 0.15) is 0 Å². The number of hydrogen-bond acceptors (Lipinski definition) is 9. The molecular formula is C48H62ClNO8. The molecule has 0 spiro atoms. The number of fused-ring (bicyclic) bond motifs is 6. The second-order valence-electron chi connectivity index (χ2n) is 16.5. The van der Waals surface area contributed by atoms with Gasteiger partial charge in [0, 0.05) is 36.8 Å². The van der Waals surface area contributed by atoms with Gasteiger partial charge in [-0.05, 0) is 150 Å². The SMILES string of the molecule is CC(=O)OC1(C(C)=O)CCC2C3C=C(C)C4=CC(=O)CCC4(C)C3CCC21C.CCOc1ccc(Cc2nccc3cc(OCC)c(OCC)cc23)cc1OCC.Cl. The van der Waals surface area contributed by atoms with E-state index >= 15 is 0 Å². The lowest BCUT2D eigenvalue weighted by Gasteiger charge is -2.58. The van der Waals surface area contributed by atoms with Gasteiger partial charge < -0.3 is 23.7 Å². The van der Waals surface area contributed by atoms with Gasteiger partial charge in [0.05, 0.1) is 32.1 Å². The topological polar surface area (TPSA) is 110 Å². The number of aromatic nitrogens is 1. The highest BCUT2D eigenvalue weighted by atomic mass is 35.5. The zero-order valence-electron chi connectivity index (χ0n) is 35.8. The number of rotatable bonds is 12. The van der Waals surface area contributed by atoms with Crippen LogP contribution < -0.4 is 18.9 Å². The van der Waals surface area contributed by atoms with Crippen molar-refractivity contribution in [1.82, 2.24) is 4.98 Å². The molecule has 0 saturated heterocycles. The first kappa shape index (κ1) is 44.7. The summed E-state index contributed by atoms with van der Waals surface area (Å²) in [5.74, 6) is 4.07. The Morgan fingerprint density at radius 3 is 2.05 bits per heavy atom. The highest BCUT2D eigenvalue weighted by Crippen LogP contribution is 2.68. The summed E-state index contributed by atoms with van der Waals surface area (Å²) < 4.78 is 28.8. The van der Waals surface area contributed by atoms with Crippen LogP contribution in [0.25, 0.3) is 10.8 Å². The fraction of sp³-hybridized carbons (Fsp3) is 0.542. The van der Waals surface area contributed by atoms with E-state index in [1.807, 2.05) is 70.3 Å². The zero-order valence-corrected chi connectivity index (χ0v) is 36.6. The molecule has 0 N–H and O–H groups in total. The number of carbonyl (C=O) groups excluding carboxylic acids is 3. The van der Waals surface area contributed by atoms with Gasteiger partial charge in [0.25, 0.3) is 0 Å². The average Bonchev–Trinajstić information content (AvgIpc) is 3.47. The van der Waals surface area contributed by atoms with Gasteiger partial charge in [0.2, 0.25) is 0 Å². The monoisotopic (exact) mass is 815 g/mol. The molecule has 314 valence electrons. The third-order valence-corrected chi connectivity index (χ3v) is 13.3. The number of esters is 1. The van der Waals surface area contributed by atoms with Gasteiger partial charge in [-0.3, -0.25) is 19.4 Å². The highest BCUT2D eigenvalue weighted by Gasteiger charge is 2.67. The fourth-order valence-corrected chi connectivity index (χ4v) is 10.8. The van der Waals surface area contributed by atoms with Crippen LogP contribution in [0.1, 0.15) is 112 Å². The average molecular weight is 816 g/mol. The Labute approximate surface area is 350 Å². The third-order valence-electron chi connectivity index (χ3n) is 13.3. The lowest BCUT2D eigenvalue weighted by atomic mass is 9.47. The molecule has 7 rings (SSSR count). The van der Waals surface area contributed by atoms with Gasteiger partial charge >= 0.3 is 5.97 Å². The number of pyridine rings is 1. The minimum Gasteiger partial charge on any atom is -0.490 e. The van der Waals surface area contributed by atoms with Crippen molar-refractivity contribution in [2.24, 2.45) is 28.6 Å². The normalized spacial score (nSPS) is 26.9. The van der Waals surface area contributed by atoms with Crippen LogP contribution in [0.3, 0.4) is 0 Å². The van der Waals surface area contributed by atoms with Crippen LogP contribution in [0.5, 0.6) is 23.0 Å². The number of Topliss-reactive ketones (excluding diaryl/α,β-unsaturated/α-hetero) is 1. The Morgan fingerprint density at radius 2 is 1.41 bits per heavy atom. The number of ketones is 2. The molecule has 0 radical (unpaired) electrons. The standard InChI is InChI=1S/C24H29NO4.C24H32O4.ClH/c1-5-26-21-10-9-17(14-22(21)27-6-2)13-20-19-16-24(29-8-4)23(28-7-3)15-18(19)11-12-25-20;1-14-12-18-19(22(4)9-6-17(27)13-21(14)22)7-10-23(5)20(18)8-11-24(23,15(2)25)28-16(3)26;/h9-12,14-16H,5-8,13H2,1-4H3;12-13,18-20H,6-11H2,1-5H3;1H. The molecule has 2 fully saturated rings. The maximum Gasteiger partial charge on any atom is 0.303 e. The number of nitrogens with zero attached hydrogens (tertiary/aromatic N) is 1. The Kier molecular flexibility index (Phi) is 14.1. The van der Waals surface area contributed by atoms with E-state index in [1.165, 1.54) is 18.1 Å². The lowest BCUT2D eigenvalue weighted by Crippen LogP contribution is -2.58. The Balaban J connectivity index is 0.000000217. The Bertz CT molecular complexity index is 2080. The first-order valence-electron chi connectivity index (χ1n) is 20.9. The van der Waals surface area contributed by atoms with Gasteiger partial charge in [-0.25, -0.2) is 0 Å². The summed E-state index contributed by atoms with van der Waals surface area (Å²) in [4.78, 5) is 41.4. The molecule has 0 aliphatic heterocycles. The smallest absolute Gasteiger partial charge is 0.303 e. The molecule has 2 saturated carbocycles. The van der Waals surface area contributed by atoms with Crippen LogP contribution in [-0.2, 0) is 25.5 Å². The molecule has 4 aliphatic carbocycles. The maximum atomic E-state index is 12.8. The van der Waals surface area contributed by atoms with E-state index in [9.17, 15) is 14.4 Å². The summed E-state index contributed by atoms with van der Waals surface area (Å²) in [6.45, 7) is 19.9. The van der Waals surface area contributed by atoms with Crippen molar-refractivity contribution < 1.29 is 38.1 Å². The number of hydrogen-bond donors (Lipinski definition) is 0. The largest absolute Gasteiger partial charge is 0.490 e. The lowest BCUT2D eigenvalue weighted by molar-refractivity contribution is -0.185. The maximum absolute atomic E-state index is 12.8. The number of ether oxygens (including phenoxy) is 5. The summed E-state index contributed by atoms with van der Waals surface area (Å²) in [7, 11) is 0. The molecule has 0 bridgehead atoms. The second-order valence-corrected chi connectivity index (χ2v) is 16.5. The van der Waals surface area contributed by atoms with Crippen molar-refractivity contribution in [1.29, 1.82) is 0 Å². The minimum atomic E-state index is -0.990. The van der Waals surface area contributed by atoms with Gasteiger partial charge in [0.15, 0.2) is 40.2 Å². The van der Waals surface area contributed by atoms with E-state index in [2.05, 4.69) is 37.9 Å². The number of halogens is 1. The minimum absolute atomic E-state index is 0. The van der Waals surface area contributed by atoms with Crippen LogP contribution in [-0.4, -0.2) is 54.5 Å². The summed E-state index contributed by atoms with van der Waals surface area (Å²) >= 11 is 0. The predicted molar refractivity (Wildman–Crippen MR) is 229 cm³/mol. The van der Waals surface area contributed by atoms with E-state index in [0.717, 1.165) is 70.7 Å². The first-order chi connectivity index (χ1) is 27.2. The molecule has 1 aromatic heterocycles. The van der Waals surface area contributed by atoms with Crippen molar-refractivity contribution in [2.75, 3.05) is 26.4 Å². The van der Waals surface area contributed by atoms with Gasteiger partial charge in [-0.2, -0.15) is 0 Å². The molecule has 1 heterocycles. The molecule has 3 aromatic rings. The van der Waals surface area contributed by atoms with E-state index < -0.39 is 5.60 Å². The molecule has 0 amide bonds. The fourth-order valence-electron chi connectivity index (χ4n) is 10.8. The summed E-state index contributed by atoms with van der Waals surface area (Å²) in [5, 5.41) is 2.14. The Morgan fingerprint density at radius 1 is 0.793 bits per heavy atom. The van der Waals surface area contributed by atoms with Crippen LogP contribution in [0, 0.1) is 28.6 Å². The van der Waals surface area contributed by atoms with E-state index in [0.29, 0.717) is 63.4 Å². The molecule has 4 aliphatic rings. The van der Waals surface area contributed by atoms with E-state index in [-0.39, 0.29) is 40.8 Å². The number of benzene rings is 2. The van der Waals surface area contributed by atoms with Crippen LogP contribution >= 0.6 is 12.4 Å². The summed E-state index contributed by atoms with van der Waals surface area (Å²) in [6, 6.07) is 12.1. The third kappa shape index (κ3) is 8.25.